The van der Waals surface area contributed by atoms with Crippen molar-refractivity contribution in [3.05, 3.63) is 41.5 Å². The lowest BCUT2D eigenvalue weighted by Crippen LogP contribution is -2.45. The van der Waals surface area contributed by atoms with Crippen LogP contribution in [0.25, 0.3) is 0 Å². The first-order chi connectivity index (χ1) is 13.2. The normalized spacial score (nSPS) is 10.9. The van der Waals surface area contributed by atoms with Crippen LogP contribution in [0.5, 0.6) is 28.7 Å². The number of phenolic OH excluding ortho intramolecular Hbond substituents is 1. The monoisotopic (exact) mass is 389 g/mol. The van der Waals surface area contributed by atoms with Gasteiger partial charge in [-0.1, -0.05) is 0 Å². The lowest BCUT2D eigenvalue weighted by molar-refractivity contribution is 0.0912. The number of nitrogens with one attached hydrogen (secondary N) is 1. The molecule has 28 heavy (non-hydrogen) atoms. The lowest BCUT2D eigenvalue weighted by Gasteiger charge is -2.27. The first-order valence-corrected chi connectivity index (χ1v) is 8.73. The van der Waals surface area contributed by atoms with E-state index in [-0.39, 0.29) is 11.7 Å². The molecule has 0 fully saturated rings. The van der Waals surface area contributed by atoms with Crippen molar-refractivity contribution in [2.45, 2.75) is 25.8 Å². The molecule has 7 nitrogen and oxygen atoms in total. The number of benzene rings is 2. The van der Waals surface area contributed by atoms with Crippen LogP contribution < -0.4 is 24.3 Å². The molecule has 0 aliphatic carbocycles. The SMILES string of the molecule is COc1cc(CC(C)(C)NC(=O)c2ccc(OC)c(OC)c2)c(OC)cc1O. The molecule has 0 bridgehead atoms. The second-order valence-corrected chi connectivity index (χ2v) is 6.92. The minimum absolute atomic E-state index is 0.00438. The summed E-state index contributed by atoms with van der Waals surface area (Å²) < 4.78 is 21.0. The van der Waals surface area contributed by atoms with E-state index < -0.39 is 5.54 Å². The number of methoxy groups -OCH3 is 4. The topological polar surface area (TPSA) is 86.3 Å². The molecule has 2 rings (SSSR count). The summed E-state index contributed by atoms with van der Waals surface area (Å²) in [4.78, 5) is 12.7. The van der Waals surface area contributed by atoms with Crippen LogP contribution in [0.1, 0.15) is 29.8 Å². The molecule has 0 aliphatic rings. The molecular formula is C21H27NO6. The van der Waals surface area contributed by atoms with Crippen molar-refractivity contribution in [1.29, 1.82) is 0 Å². The van der Waals surface area contributed by atoms with Crippen molar-refractivity contribution in [2.24, 2.45) is 0 Å². The van der Waals surface area contributed by atoms with Gasteiger partial charge >= 0.3 is 0 Å². The number of hydrogen-bond acceptors (Lipinski definition) is 6. The Labute approximate surface area is 165 Å². The first-order valence-electron chi connectivity index (χ1n) is 8.73. The lowest BCUT2D eigenvalue weighted by atomic mass is 9.93. The van der Waals surface area contributed by atoms with Crippen LogP contribution in [0.2, 0.25) is 0 Å². The number of hydrogen-bond donors (Lipinski definition) is 2. The number of ether oxygens (including phenoxy) is 4. The van der Waals surface area contributed by atoms with E-state index in [9.17, 15) is 9.90 Å². The van der Waals surface area contributed by atoms with E-state index in [0.29, 0.717) is 35.0 Å². The molecule has 2 aromatic carbocycles. The maximum atomic E-state index is 12.7. The zero-order valence-electron chi connectivity index (χ0n) is 17.1. The summed E-state index contributed by atoms with van der Waals surface area (Å²) in [5, 5.41) is 13.0. The molecule has 7 heteroatoms. The fourth-order valence-corrected chi connectivity index (χ4v) is 2.96. The van der Waals surface area contributed by atoms with Gasteiger partial charge in [-0.15, -0.1) is 0 Å². The molecule has 0 aliphatic heterocycles. The van der Waals surface area contributed by atoms with Crippen LogP contribution in [0, 0.1) is 0 Å². The van der Waals surface area contributed by atoms with Gasteiger partial charge in [-0.05, 0) is 44.5 Å². The Morgan fingerprint density at radius 1 is 0.893 bits per heavy atom. The van der Waals surface area contributed by atoms with E-state index in [4.69, 9.17) is 18.9 Å². The zero-order chi connectivity index (χ0) is 20.9. The molecule has 0 unspecified atom stereocenters. The van der Waals surface area contributed by atoms with E-state index >= 15 is 0 Å². The highest BCUT2D eigenvalue weighted by Crippen LogP contribution is 2.35. The predicted molar refractivity (Wildman–Crippen MR) is 106 cm³/mol. The summed E-state index contributed by atoms with van der Waals surface area (Å²) in [6.45, 7) is 3.81. The van der Waals surface area contributed by atoms with Crippen molar-refractivity contribution in [3.63, 3.8) is 0 Å². The average molecular weight is 389 g/mol. The number of phenols is 1. The Balaban J connectivity index is 2.23. The fourth-order valence-electron chi connectivity index (χ4n) is 2.96. The molecule has 152 valence electrons. The smallest absolute Gasteiger partial charge is 0.251 e. The van der Waals surface area contributed by atoms with Crippen molar-refractivity contribution in [1.82, 2.24) is 5.32 Å². The Morgan fingerprint density at radius 3 is 2.07 bits per heavy atom. The molecule has 0 heterocycles. The Kier molecular flexibility index (Phi) is 6.62. The van der Waals surface area contributed by atoms with Crippen LogP contribution in [0.3, 0.4) is 0 Å². The molecule has 0 aromatic heterocycles. The van der Waals surface area contributed by atoms with E-state index in [1.807, 2.05) is 13.8 Å². The number of carbonyl (C=O) groups excluding carboxylic acids is 1. The highest BCUT2D eigenvalue weighted by Gasteiger charge is 2.25. The van der Waals surface area contributed by atoms with Crippen LogP contribution in [-0.4, -0.2) is 45.0 Å². The largest absolute Gasteiger partial charge is 0.504 e. The van der Waals surface area contributed by atoms with Crippen molar-refractivity contribution in [3.8, 4) is 28.7 Å². The van der Waals surface area contributed by atoms with Crippen molar-refractivity contribution in [2.75, 3.05) is 28.4 Å². The van der Waals surface area contributed by atoms with Gasteiger partial charge in [0.05, 0.1) is 28.4 Å². The molecule has 0 atom stereocenters. The molecule has 0 radical (unpaired) electrons. The zero-order valence-corrected chi connectivity index (χ0v) is 17.1. The summed E-state index contributed by atoms with van der Waals surface area (Å²) in [7, 11) is 6.07. The van der Waals surface area contributed by atoms with E-state index in [0.717, 1.165) is 5.56 Å². The van der Waals surface area contributed by atoms with Gasteiger partial charge < -0.3 is 29.4 Å². The summed E-state index contributed by atoms with van der Waals surface area (Å²) in [5.74, 6) is 1.66. The highest BCUT2D eigenvalue weighted by molar-refractivity contribution is 5.95. The van der Waals surface area contributed by atoms with Crippen molar-refractivity contribution < 1.29 is 28.8 Å². The van der Waals surface area contributed by atoms with Gasteiger partial charge in [0, 0.05) is 22.7 Å². The van der Waals surface area contributed by atoms with Gasteiger partial charge in [-0.3, -0.25) is 4.79 Å². The molecule has 0 saturated heterocycles. The molecule has 0 saturated carbocycles. The van der Waals surface area contributed by atoms with Gasteiger partial charge in [0.15, 0.2) is 23.0 Å². The third-order valence-electron chi connectivity index (χ3n) is 4.31. The van der Waals surface area contributed by atoms with Gasteiger partial charge in [-0.2, -0.15) is 0 Å². The summed E-state index contributed by atoms with van der Waals surface area (Å²) in [5.41, 5.74) is 0.662. The standard InChI is InChI=1S/C21H27NO6/c1-21(2,12-14-10-18(27-5)15(23)11-17(14)26-4)22-20(24)13-7-8-16(25-3)19(9-13)28-6/h7-11,23H,12H2,1-6H3,(H,22,24). The first kappa shape index (κ1) is 21.2. The van der Waals surface area contributed by atoms with Gasteiger partial charge in [0.1, 0.15) is 5.75 Å². The second-order valence-electron chi connectivity index (χ2n) is 6.92. The summed E-state index contributed by atoms with van der Waals surface area (Å²) >= 11 is 0. The number of rotatable bonds is 8. The maximum absolute atomic E-state index is 12.7. The van der Waals surface area contributed by atoms with Crippen LogP contribution in [0.15, 0.2) is 30.3 Å². The minimum Gasteiger partial charge on any atom is -0.504 e. The van der Waals surface area contributed by atoms with Crippen LogP contribution in [0.4, 0.5) is 0 Å². The summed E-state index contributed by atoms with van der Waals surface area (Å²) in [6, 6.07) is 8.21. The van der Waals surface area contributed by atoms with Gasteiger partial charge in [-0.25, -0.2) is 0 Å². The fraction of sp³-hybridized carbons (Fsp3) is 0.381. The van der Waals surface area contributed by atoms with Crippen molar-refractivity contribution >= 4 is 5.91 Å². The third-order valence-corrected chi connectivity index (χ3v) is 4.31. The third kappa shape index (κ3) is 4.79. The van der Waals surface area contributed by atoms with Crippen LogP contribution in [-0.2, 0) is 6.42 Å². The quantitative estimate of drug-likeness (QED) is 0.721. The number of carbonyl (C=O) groups is 1. The van der Waals surface area contributed by atoms with Gasteiger partial charge in [0.25, 0.3) is 5.91 Å². The molecular weight excluding hydrogens is 362 g/mol. The minimum atomic E-state index is -0.598. The van der Waals surface area contributed by atoms with E-state index in [1.54, 1.807) is 31.4 Å². The van der Waals surface area contributed by atoms with E-state index in [2.05, 4.69) is 5.32 Å². The number of aromatic hydroxyl groups is 1. The maximum Gasteiger partial charge on any atom is 0.251 e. The van der Waals surface area contributed by atoms with Gasteiger partial charge in [0.2, 0.25) is 0 Å². The Morgan fingerprint density at radius 2 is 1.50 bits per heavy atom. The summed E-state index contributed by atoms with van der Waals surface area (Å²) in [6.07, 6.45) is 0.464. The number of amides is 1. The molecule has 2 N–H and O–H groups in total. The Hall–Kier alpha value is -3.09. The molecule has 2 aromatic rings. The Bertz CT molecular complexity index is 847. The van der Waals surface area contributed by atoms with Crippen LogP contribution >= 0.6 is 0 Å². The molecule has 1 amide bonds. The predicted octanol–water partition coefficient (Wildman–Crippen LogP) is 3.18. The highest BCUT2D eigenvalue weighted by atomic mass is 16.5. The van der Waals surface area contributed by atoms with E-state index in [1.165, 1.54) is 27.4 Å². The average Bonchev–Trinajstić information content (AvgIpc) is 2.67. The second kappa shape index (κ2) is 8.73. The molecule has 0 spiro atoms.